The van der Waals surface area contributed by atoms with Gasteiger partial charge >= 0.3 is 0 Å². The summed E-state index contributed by atoms with van der Waals surface area (Å²) in [4.78, 5) is 0. The van der Waals surface area contributed by atoms with E-state index in [1.54, 1.807) is 12.2 Å². The van der Waals surface area contributed by atoms with Gasteiger partial charge in [0.1, 0.15) is 0 Å². The van der Waals surface area contributed by atoms with E-state index in [2.05, 4.69) is 233 Å². The first kappa shape index (κ1) is 38.1. The first-order valence-electron chi connectivity index (χ1n) is 21.9. The van der Waals surface area contributed by atoms with Crippen molar-refractivity contribution in [1.82, 2.24) is 0 Å². The highest BCUT2D eigenvalue weighted by atomic mass is 14.4. The molecule has 0 bridgehead atoms. The van der Waals surface area contributed by atoms with Gasteiger partial charge in [0.15, 0.2) is 0 Å². The maximum atomic E-state index is 3.36. The van der Waals surface area contributed by atoms with Gasteiger partial charge in [0.2, 0.25) is 0 Å². The van der Waals surface area contributed by atoms with Crippen LogP contribution in [-0.2, 0) is 5.41 Å². The van der Waals surface area contributed by atoms with Crippen molar-refractivity contribution in [3.63, 3.8) is 0 Å². The minimum absolute atomic E-state index is 0.117. The van der Waals surface area contributed by atoms with E-state index in [1.807, 2.05) is 0 Å². The Labute approximate surface area is 369 Å². The molecule has 0 N–H and O–H groups in total. The second kappa shape index (κ2) is 15.3. The van der Waals surface area contributed by atoms with Crippen LogP contribution in [0.4, 0.5) is 0 Å². The molecule has 12 rings (SSSR count). The Kier molecular flexibility index (Phi) is 9.25. The SMILES string of the molecule is C=CC=C.CC1(C)c2ccccc2-c2ccc(-c3c4ccc(-c5cccc6ccccc56)cc4c(-c4ccc5ccccc5c4)c4ccc(-c5cccc6ccccc56)cc34)cc21. The topological polar surface area (TPSA) is 0 Å². The molecule has 0 amide bonds. The first-order valence-corrected chi connectivity index (χ1v) is 21.9. The molecule has 298 valence electrons. The first-order chi connectivity index (χ1) is 30.9. The van der Waals surface area contributed by atoms with Gasteiger partial charge in [-0.2, -0.15) is 0 Å². The number of hydrogen-bond donors (Lipinski definition) is 0. The van der Waals surface area contributed by atoms with Gasteiger partial charge in [-0.1, -0.05) is 221 Å². The van der Waals surface area contributed by atoms with Gasteiger partial charge in [-0.25, -0.2) is 0 Å². The number of hydrogen-bond acceptors (Lipinski definition) is 0. The van der Waals surface area contributed by atoms with E-state index in [1.165, 1.54) is 121 Å². The molecule has 0 spiro atoms. The van der Waals surface area contributed by atoms with E-state index in [9.17, 15) is 0 Å². The lowest BCUT2D eigenvalue weighted by molar-refractivity contribution is 0.660. The van der Waals surface area contributed by atoms with Crippen molar-refractivity contribution < 1.29 is 0 Å². The molecule has 0 nitrogen and oxygen atoms in total. The van der Waals surface area contributed by atoms with Crippen molar-refractivity contribution in [2.45, 2.75) is 19.3 Å². The lowest BCUT2D eigenvalue weighted by atomic mass is 9.80. The molecule has 0 aliphatic heterocycles. The van der Waals surface area contributed by atoms with Crippen LogP contribution in [0.3, 0.4) is 0 Å². The van der Waals surface area contributed by atoms with Crippen LogP contribution in [0.1, 0.15) is 25.0 Å². The van der Waals surface area contributed by atoms with Gasteiger partial charge in [0.05, 0.1) is 0 Å². The number of rotatable bonds is 5. The third-order valence-corrected chi connectivity index (χ3v) is 13.4. The van der Waals surface area contributed by atoms with E-state index in [0.29, 0.717) is 0 Å². The quantitative estimate of drug-likeness (QED) is 0.120. The summed E-state index contributed by atoms with van der Waals surface area (Å²) in [5, 5.41) is 12.6. The maximum absolute atomic E-state index is 3.36. The molecule has 1 aliphatic carbocycles. The Morgan fingerprint density at radius 3 is 1.35 bits per heavy atom. The molecule has 11 aromatic rings. The molecule has 0 atom stereocenters. The Balaban J connectivity index is 0.00000107. The number of fused-ring (bicyclic) bond motifs is 8. The zero-order chi connectivity index (χ0) is 42.7. The molecular weight excluding hydrogens is 757 g/mol. The van der Waals surface area contributed by atoms with Gasteiger partial charge in [-0.15, -0.1) is 0 Å². The number of benzene rings is 11. The zero-order valence-corrected chi connectivity index (χ0v) is 35.7. The van der Waals surface area contributed by atoms with Gasteiger partial charge < -0.3 is 0 Å². The normalized spacial score (nSPS) is 12.5. The summed E-state index contributed by atoms with van der Waals surface area (Å²) < 4.78 is 0. The molecule has 0 saturated carbocycles. The molecule has 0 heterocycles. The summed E-state index contributed by atoms with van der Waals surface area (Å²) in [6.45, 7) is 11.5. The van der Waals surface area contributed by atoms with Crippen molar-refractivity contribution in [2.24, 2.45) is 0 Å². The third-order valence-electron chi connectivity index (χ3n) is 13.4. The molecule has 0 heteroatoms. The van der Waals surface area contributed by atoms with Gasteiger partial charge in [-0.05, 0) is 145 Å². The zero-order valence-electron chi connectivity index (χ0n) is 35.7. The Morgan fingerprint density at radius 2 is 0.746 bits per heavy atom. The second-order valence-electron chi connectivity index (χ2n) is 17.3. The minimum Gasteiger partial charge on any atom is -0.0991 e. The fourth-order valence-corrected chi connectivity index (χ4v) is 10.3. The van der Waals surface area contributed by atoms with Gasteiger partial charge in [-0.3, -0.25) is 0 Å². The summed E-state index contributed by atoms with van der Waals surface area (Å²) in [6, 6.07) is 77.3. The van der Waals surface area contributed by atoms with Crippen molar-refractivity contribution in [1.29, 1.82) is 0 Å². The Morgan fingerprint density at radius 1 is 0.302 bits per heavy atom. The Hall–Kier alpha value is -7.80. The van der Waals surface area contributed by atoms with E-state index >= 15 is 0 Å². The van der Waals surface area contributed by atoms with Gasteiger partial charge in [0.25, 0.3) is 0 Å². The monoisotopic (exact) mass is 802 g/mol. The molecule has 63 heavy (non-hydrogen) atoms. The van der Waals surface area contributed by atoms with Crippen LogP contribution >= 0.6 is 0 Å². The highest BCUT2D eigenvalue weighted by Crippen LogP contribution is 2.52. The van der Waals surface area contributed by atoms with Crippen LogP contribution < -0.4 is 0 Å². The highest BCUT2D eigenvalue weighted by molar-refractivity contribution is 6.23. The average Bonchev–Trinajstić information content (AvgIpc) is 3.57. The Bertz CT molecular complexity index is 3620. The fraction of sp³-hybridized carbons (Fsp3) is 0.0476. The molecule has 0 radical (unpaired) electrons. The molecule has 0 fully saturated rings. The lowest BCUT2D eigenvalue weighted by Crippen LogP contribution is -2.14. The van der Waals surface area contributed by atoms with E-state index < -0.39 is 0 Å². The van der Waals surface area contributed by atoms with Crippen molar-refractivity contribution in [2.75, 3.05) is 0 Å². The maximum Gasteiger partial charge on any atom is 0.0159 e. The molecule has 0 aromatic heterocycles. The van der Waals surface area contributed by atoms with Crippen LogP contribution in [0.15, 0.2) is 232 Å². The predicted octanol–water partition coefficient (Wildman–Crippen LogP) is 17.8. The van der Waals surface area contributed by atoms with E-state index in [4.69, 9.17) is 0 Å². The summed E-state index contributed by atoms with van der Waals surface area (Å²) in [7, 11) is 0. The van der Waals surface area contributed by atoms with Crippen molar-refractivity contribution >= 4 is 53.9 Å². The van der Waals surface area contributed by atoms with E-state index in [0.717, 1.165) is 0 Å². The summed E-state index contributed by atoms with van der Waals surface area (Å²) in [5.74, 6) is 0. The predicted molar refractivity (Wildman–Crippen MR) is 274 cm³/mol. The summed E-state index contributed by atoms with van der Waals surface area (Å²) in [6.07, 6.45) is 3.28. The van der Waals surface area contributed by atoms with Crippen molar-refractivity contribution in [3.8, 4) is 55.6 Å². The average molecular weight is 803 g/mol. The highest BCUT2D eigenvalue weighted by Gasteiger charge is 2.35. The molecule has 1 aliphatic rings. The van der Waals surface area contributed by atoms with Crippen LogP contribution in [-0.4, -0.2) is 0 Å². The molecule has 11 aromatic carbocycles. The summed E-state index contributed by atoms with van der Waals surface area (Å²) in [5.41, 5.74) is 15.3. The van der Waals surface area contributed by atoms with Crippen LogP contribution in [0.25, 0.3) is 109 Å². The second-order valence-corrected chi connectivity index (χ2v) is 17.3. The van der Waals surface area contributed by atoms with Crippen LogP contribution in [0, 0.1) is 0 Å². The number of allylic oxidation sites excluding steroid dienone is 2. The smallest absolute Gasteiger partial charge is 0.0159 e. The van der Waals surface area contributed by atoms with E-state index in [-0.39, 0.29) is 5.41 Å². The molecule has 0 unspecified atom stereocenters. The summed E-state index contributed by atoms with van der Waals surface area (Å²) >= 11 is 0. The molecular formula is C63H46. The largest absolute Gasteiger partial charge is 0.0991 e. The molecule has 0 saturated heterocycles. The third kappa shape index (κ3) is 6.29. The fourth-order valence-electron chi connectivity index (χ4n) is 10.3. The van der Waals surface area contributed by atoms with Gasteiger partial charge in [0, 0.05) is 5.41 Å². The minimum atomic E-state index is -0.117. The van der Waals surface area contributed by atoms with Crippen LogP contribution in [0.2, 0.25) is 0 Å². The van der Waals surface area contributed by atoms with Crippen molar-refractivity contribution in [3.05, 3.63) is 243 Å². The van der Waals surface area contributed by atoms with Crippen LogP contribution in [0.5, 0.6) is 0 Å². The lowest BCUT2D eigenvalue weighted by Gasteiger charge is -2.23. The standard InChI is InChI=1S/C59H40.C4H6/c1-59(2)55-24-10-9-21-49(55)50-30-29-44(36-56(50)59)58-52-32-28-41(47-22-11-17-38-14-5-7-19-45(38)47)34-53(52)57(43-26-25-37-13-3-4-16-40(37)33-43)51-31-27-42(35-54(51)58)48-23-12-18-39-15-6-8-20-46(39)48;1-3-4-2/h3-36H,1-2H3;3-4H,1-2H2.